The number of carbonyl (C=O) groups excluding carboxylic acids is 1. The molecule has 0 aliphatic heterocycles. The summed E-state index contributed by atoms with van der Waals surface area (Å²) in [5, 5.41) is 4.33. The smallest absolute Gasteiger partial charge is 0.263 e. The Balaban J connectivity index is 1.57. The molecule has 4 heteroatoms. The lowest BCUT2D eigenvalue weighted by atomic mass is 9.53. The van der Waals surface area contributed by atoms with E-state index in [1.54, 1.807) is 0 Å². The highest BCUT2D eigenvalue weighted by Gasteiger charge is 2.51. The van der Waals surface area contributed by atoms with E-state index in [9.17, 15) is 4.79 Å². The topological polar surface area (TPSA) is 42.0 Å². The number of hydrogen-bond donors (Lipinski definition) is 1. The summed E-state index contributed by atoms with van der Waals surface area (Å²) in [4.78, 5) is 18.0. The second kappa shape index (κ2) is 6.32. The predicted molar refractivity (Wildman–Crippen MR) is 97.5 cm³/mol. The van der Waals surface area contributed by atoms with Gasteiger partial charge in [-0.1, -0.05) is 43.2 Å². The molecule has 2 aromatic rings. The third-order valence-corrected chi connectivity index (χ3v) is 6.85. The van der Waals surface area contributed by atoms with Crippen LogP contribution in [0, 0.1) is 25.7 Å². The van der Waals surface area contributed by atoms with Gasteiger partial charge in [0, 0.05) is 12.0 Å². The molecular formula is C20H24N2OS. The average Bonchev–Trinajstić information content (AvgIpc) is 2.92. The lowest BCUT2D eigenvalue weighted by molar-refractivity contribution is 0.0253. The van der Waals surface area contributed by atoms with Gasteiger partial charge in [-0.2, -0.15) is 0 Å². The highest BCUT2D eigenvalue weighted by atomic mass is 32.1. The number of benzene rings is 1. The quantitative estimate of drug-likeness (QED) is 0.896. The minimum Gasteiger partial charge on any atom is -0.348 e. The predicted octanol–water partition coefficient (Wildman–Crippen LogP) is 4.46. The Morgan fingerprint density at radius 1 is 1.12 bits per heavy atom. The molecule has 0 spiro atoms. The molecule has 1 heterocycles. The summed E-state index contributed by atoms with van der Waals surface area (Å²) in [5.74, 6) is 1.90. The normalized spacial score (nSPS) is 28.8. The Hall–Kier alpha value is -1.68. The van der Waals surface area contributed by atoms with Crippen molar-refractivity contribution in [3.63, 3.8) is 0 Å². The number of aromatic nitrogens is 1. The first-order valence-electron chi connectivity index (χ1n) is 8.95. The number of rotatable bonds is 3. The number of hydrogen-bond acceptors (Lipinski definition) is 3. The fourth-order valence-corrected chi connectivity index (χ4v) is 5.58. The first kappa shape index (κ1) is 15.8. The molecule has 4 rings (SSSR count). The molecule has 0 bridgehead atoms. The average molecular weight is 340 g/mol. The van der Waals surface area contributed by atoms with Gasteiger partial charge in [-0.3, -0.25) is 4.79 Å². The molecule has 0 unspecified atom stereocenters. The van der Waals surface area contributed by atoms with Crippen LogP contribution < -0.4 is 5.32 Å². The first-order chi connectivity index (χ1) is 11.6. The molecule has 2 saturated carbocycles. The van der Waals surface area contributed by atoms with Crippen LogP contribution in [0.25, 0.3) is 0 Å². The van der Waals surface area contributed by atoms with Crippen LogP contribution >= 0.6 is 11.3 Å². The molecule has 2 aliphatic rings. The molecule has 126 valence electrons. The largest absolute Gasteiger partial charge is 0.348 e. The van der Waals surface area contributed by atoms with E-state index in [0.717, 1.165) is 21.5 Å². The Morgan fingerprint density at radius 2 is 1.83 bits per heavy atom. The van der Waals surface area contributed by atoms with E-state index in [1.165, 1.54) is 42.6 Å². The number of nitrogens with zero attached hydrogens (tertiary/aromatic N) is 1. The zero-order valence-electron chi connectivity index (χ0n) is 14.3. The van der Waals surface area contributed by atoms with E-state index in [4.69, 9.17) is 0 Å². The van der Waals surface area contributed by atoms with Crippen molar-refractivity contribution in [3.8, 4) is 0 Å². The van der Waals surface area contributed by atoms with Gasteiger partial charge in [-0.15, -0.1) is 11.3 Å². The fraction of sp³-hybridized carbons (Fsp3) is 0.500. The zero-order valence-corrected chi connectivity index (χ0v) is 15.1. The standard InChI is InChI=1S/C20H24N2OS/c1-12-19(24-13(2)21-12)20(23)22-18-16-11-7-6-10-15(16)17(18)14-8-4-3-5-9-14/h3-5,8-9,15-18H,6-7,10-11H2,1-2H3,(H,22,23)/t15-,16+,17+,18+/m1/s1. The molecule has 4 atom stereocenters. The zero-order chi connectivity index (χ0) is 16.7. The molecule has 24 heavy (non-hydrogen) atoms. The number of carbonyl (C=O) groups is 1. The lowest BCUT2D eigenvalue weighted by Crippen LogP contribution is -2.59. The Bertz CT molecular complexity index is 739. The van der Waals surface area contributed by atoms with Crippen molar-refractivity contribution in [1.82, 2.24) is 10.3 Å². The second-order valence-corrected chi connectivity index (χ2v) is 8.40. The van der Waals surface area contributed by atoms with Gasteiger partial charge in [0.05, 0.1) is 10.7 Å². The van der Waals surface area contributed by atoms with Gasteiger partial charge in [-0.05, 0) is 44.1 Å². The van der Waals surface area contributed by atoms with Crippen LogP contribution in [0.15, 0.2) is 30.3 Å². The molecular weight excluding hydrogens is 316 g/mol. The number of aryl methyl sites for hydroxylation is 2. The maximum Gasteiger partial charge on any atom is 0.263 e. The molecule has 1 N–H and O–H groups in total. The maximum atomic E-state index is 12.8. The Labute approximate surface area is 147 Å². The summed E-state index contributed by atoms with van der Waals surface area (Å²) in [6, 6.07) is 11.0. The van der Waals surface area contributed by atoms with Crippen LogP contribution in [0.2, 0.25) is 0 Å². The van der Waals surface area contributed by atoms with Crippen LogP contribution in [0.3, 0.4) is 0 Å². The summed E-state index contributed by atoms with van der Waals surface area (Å²) in [5.41, 5.74) is 2.23. The molecule has 1 aromatic heterocycles. The molecule has 0 radical (unpaired) electrons. The molecule has 3 nitrogen and oxygen atoms in total. The van der Waals surface area contributed by atoms with Gasteiger partial charge >= 0.3 is 0 Å². The minimum atomic E-state index is 0.0630. The monoisotopic (exact) mass is 340 g/mol. The van der Waals surface area contributed by atoms with Gasteiger partial charge in [-0.25, -0.2) is 4.98 Å². The van der Waals surface area contributed by atoms with E-state index in [0.29, 0.717) is 11.8 Å². The first-order valence-corrected chi connectivity index (χ1v) is 9.76. The maximum absolute atomic E-state index is 12.8. The van der Waals surface area contributed by atoms with Crippen LogP contribution in [-0.4, -0.2) is 16.9 Å². The fourth-order valence-electron chi connectivity index (χ4n) is 4.75. The summed E-state index contributed by atoms with van der Waals surface area (Å²) < 4.78 is 0. The summed E-state index contributed by atoms with van der Waals surface area (Å²) >= 11 is 1.50. The van der Waals surface area contributed by atoms with Gasteiger partial charge in [0.15, 0.2) is 0 Å². The molecule has 1 aromatic carbocycles. The van der Waals surface area contributed by atoms with Crippen molar-refractivity contribution in [1.29, 1.82) is 0 Å². The van der Waals surface area contributed by atoms with Gasteiger partial charge in [0.2, 0.25) is 0 Å². The van der Waals surface area contributed by atoms with E-state index >= 15 is 0 Å². The minimum absolute atomic E-state index is 0.0630. The highest BCUT2D eigenvalue weighted by Crippen LogP contribution is 2.54. The molecule has 1 amide bonds. The SMILES string of the molecule is Cc1nc(C)c(C(=O)N[C@H]2[C@H]3CCCC[C@H]3[C@@H]2c2ccccc2)s1. The summed E-state index contributed by atoms with van der Waals surface area (Å²) in [6.45, 7) is 3.89. The van der Waals surface area contributed by atoms with Crippen molar-refractivity contribution in [2.75, 3.05) is 0 Å². The van der Waals surface area contributed by atoms with E-state index in [2.05, 4.69) is 40.6 Å². The summed E-state index contributed by atoms with van der Waals surface area (Å²) in [6.07, 6.45) is 5.18. The van der Waals surface area contributed by atoms with Gasteiger partial charge < -0.3 is 5.32 Å². The Kier molecular flexibility index (Phi) is 4.17. The van der Waals surface area contributed by atoms with Gasteiger partial charge in [0.25, 0.3) is 5.91 Å². The number of amides is 1. The van der Waals surface area contributed by atoms with Crippen molar-refractivity contribution < 1.29 is 4.79 Å². The van der Waals surface area contributed by atoms with Crippen molar-refractivity contribution >= 4 is 17.2 Å². The van der Waals surface area contributed by atoms with Crippen molar-refractivity contribution in [3.05, 3.63) is 51.5 Å². The molecule has 2 aliphatic carbocycles. The third-order valence-electron chi connectivity index (χ3n) is 5.78. The lowest BCUT2D eigenvalue weighted by Gasteiger charge is -2.55. The number of nitrogens with one attached hydrogen (secondary N) is 1. The van der Waals surface area contributed by atoms with Crippen molar-refractivity contribution in [2.24, 2.45) is 11.8 Å². The molecule has 2 fully saturated rings. The third kappa shape index (κ3) is 2.67. The highest BCUT2D eigenvalue weighted by molar-refractivity contribution is 7.13. The number of fused-ring (bicyclic) bond motifs is 1. The summed E-state index contributed by atoms with van der Waals surface area (Å²) in [7, 11) is 0. The number of thiazole rings is 1. The van der Waals surface area contributed by atoms with Crippen LogP contribution in [0.4, 0.5) is 0 Å². The molecule has 0 saturated heterocycles. The van der Waals surface area contributed by atoms with Crippen LogP contribution in [0.1, 0.15) is 57.5 Å². The van der Waals surface area contributed by atoms with Crippen molar-refractivity contribution in [2.45, 2.75) is 51.5 Å². The van der Waals surface area contributed by atoms with Gasteiger partial charge in [0.1, 0.15) is 4.88 Å². The van der Waals surface area contributed by atoms with Crippen LogP contribution in [0.5, 0.6) is 0 Å². The van der Waals surface area contributed by atoms with E-state index in [1.807, 2.05) is 13.8 Å². The van der Waals surface area contributed by atoms with E-state index in [-0.39, 0.29) is 11.9 Å². The second-order valence-electron chi connectivity index (χ2n) is 7.20. The Morgan fingerprint density at radius 3 is 2.50 bits per heavy atom. The van der Waals surface area contributed by atoms with E-state index < -0.39 is 0 Å². The van der Waals surface area contributed by atoms with Crippen LogP contribution in [-0.2, 0) is 0 Å².